The van der Waals surface area contributed by atoms with Crippen molar-refractivity contribution in [2.24, 2.45) is 0 Å². The molecule has 1 saturated heterocycles. The SMILES string of the molecule is Cc1c(-c2ccc(OCc3ccccc3)cc2)n(Cc2ccc(OCCN3C(C)CCCC3C)cc2)c2ccc(OCc3ccccc3)cc12. The van der Waals surface area contributed by atoms with Crippen LogP contribution in [0.4, 0.5) is 0 Å². The Balaban J connectivity index is 1.12. The van der Waals surface area contributed by atoms with E-state index < -0.39 is 0 Å². The Labute approximate surface area is 297 Å². The van der Waals surface area contributed by atoms with E-state index in [4.69, 9.17) is 14.2 Å². The third-order valence-corrected chi connectivity index (χ3v) is 10.2. The first kappa shape index (κ1) is 33.5. The molecule has 2 heterocycles. The van der Waals surface area contributed by atoms with E-state index in [9.17, 15) is 0 Å². The number of rotatable bonds is 13. The summed E-state index contributed by atoms with van der Waals surface area (Å²) >= 11 is 0. The van der Waals surface area contributed by atoms with E-state index in [1.165, 1.54) is 47.0 Å². The van der Waals surface area contributed by atoms with Crippen molar-refractivity contribution in [2.45, 2.75) is 71.9 Å². The molecule has 1 aliphatic heterocycles. The average Bonchev–Trinajstić information content (AvgIpc) is 3.42. The van der Waals surface area contributed by atoms with Gasteiger partial charge in [0, 0.05) is 36.1 Å². The molecule has 0 amide bonds. The number of ether oxygens (including phenoxy) is 3. The predicted octanol–water partition coefficient (Wildman–Crippen LogP) is 10.5. The van der Waals surface area contributed by atoms with Gasteiger partial charge in [-0.1, -0.05) is 79.2 Å². The van der Waals surface area contributed by atoms with E-state index in [0.717, 1.165) is 47.0 Å². The largest absolute Gasteiger partial charge is 0.492 e. The molecule has 5 heteroatoms. The Morgan fingerprint density at radius 3 is 1.80 bits per heavy atom. The van der Waals surface area contributed by atoms with Crippen molar-refractivity contribution in [1.82, 2.24) is 9.47 Å². The summed E-state index contributed by atoms with van der Waals surface area (Å²) in [7, 11) is 0. The van der Waals surface area contributed by atoms with Crippen LogP contribution >= 0.6 is 0 Å². The molecule has 0 aliphatic carbocycles. The molecule has 50 heavy (non-hydrogen) atoms. The van der Waals surface area contributed by atoms with Gasteiger partial charge in [0.05, 0.1) is 5.69 Å². The number of aryl methyl sites for hydroxylation is 1. The van der Waals surface area contributed by atoms with E-state index in [1.54, 1.807) is 0 Å². The molecule has 0 saturated carbocycles. The van der Waals surface area contributed by atoms with Gasteiger partial charge < -0.3 is 18.8 Å². The third kappa shape index (κ3) is 7.90. The number of fused-ring (bicyclic) bond motifs is 1. The van der Waals surface area contributed by atoms with Gasteiger partial charge in [-0.25, -0.2) is 0 Å². The van der Waals surface area contributed by atoms with Gasteiger partial charge in [0.15, 0.2) is 0 Å². The van der Waals surface area contributed by atoms with Gasteiger partial charge >= 0.3 is 0 Å². The number of aromatic nitrogens is 1. The molecule has 0 radical (unpaired) electrons. The summed E-state index contributed by atoms with van der Waals surface area (Å²) in [6.45, 7) is 10.4. The van der Waals surface area contributed by atoms with Crippen LogP contribution in [0, 0.1) is 6.92 Å². The Kier molecular flexibility index (Phi) is 10.5. The minimum Gasteiger partial charge on any atom is -0.492 e. The molecule has 2 unspecified atom stereocenters. The second-order valence-electron chi connectivity index (χ2n) is 13.7. The molecule has 2 atom stereocenters. The molecule has 1 aliphatic rings. The molecule has 0 bridgehead atoms. The average molecular weight is 665 g/mol. The molecule has 0 N–H and O–H groups in total. The van der Waals surface area contributed by atoms with Gasteiger partial charge in [-0.2, -0.15) is 0 Å². The van der Waals surface area contributed by atoms with Crippen LogP contribution in [0.25, 0.3) is 22.2 Å². The van der Waals surface area contributed by atoms with Gasteiger partial charge in [0.25, 0.3) is 0 Å². The summed E-state index contributed by atoms with van der Waals surface area (Å²) in [5.41, 5.74) is 8.28. The van der Waals surface area contributed by atoms with Crippen molar-refractivity contribution in [3.05, 3.63) is 150 Å². The normalized spacial score (nSPS) is 16.4. The van der Waals surface area contributed by atoms with Gasteiger partial charge in [0.1, 0.15) is 37.1 Å². The molecule has 7 rings (SSSR count). The maximum absolute atomic E-state index is 6.26. The summed E-state index contributed by atoms with van der Waals surface area (Å²) in [6.07, 6.45) is 3.89. The van der Waals surface area contributed by atoms with Crippen LogP contribution in [0.3, 0.4) is 0 Å². The lowest BCUT2D eigenvalue weighted by Crippen LogP contribution is -2.45. The zero-order valence-electron chi connectivity index (χ0n) is 29.6. The quantitative estimate of drug-likeness (QED) is 0.123. The van der Waals surface area contributed by atoms with E-state index in [-0.39, 0.29) is 0 Å². The second-order valence-corrected chi connectivity index (χ2v) is 13.7. The Morgan fingerprint density at radius 1 is 0.600 bits per heavy atom. The van der Waals surface area contributed by atoms with E-state index >= 15 is 0 Å². The molecule has 1 fully saturated rings. The lowest BCUT2D eigenvalue weighted by molar-refractivity contribution is 0.0851. The van der Waals surface area contributed by atoms with Crippen molar-refractivity contribution in [1.29, 1.82) is 0 Å². The lowest BCUT2D eigenvalue weighted by atomic mass is 9.98. The van der Waals surface area contributed by atoms with Crippen molar-refractivity contribution < 1.29 is 14.2 Å². The highest BCUT2D eigenvalue weighted by Gasteiger charge is 2.24. The van der Waals surface area contributed by atoms with Gasteiger partial charge in [-0.05, 0) is 116 Å². The zero-order chi connectivity index (χ0) is 34.3. The van der Waals surface area contributed by atoms with Crippen molar-refractivity contribution in [3.8, 4) is 28.5 Å². The number of piperidine rings is 1. The van der Waals surface area contributed by atoms with Crippen LogP contribution < -0.4 is 14.2 Å². The number of benzene rings is 5. The molecule has 1 aromatic heterocycles. The predicted molar refractivity (Wildman–Crippen MR) is 204 cm³/mol. The van der Waals surface area contributed by atoms with Crippen LogP contribution in [0.15, 0.2) is 127 Å². The third-order valence-electron chi connectivity index (χ3n) is 10.2. The fourth-order valence-electron chi connectivity index (χ4n) is 7.38. The summed E-state index contributed by atoms with van der Waals surface area (Å²) in [5, 5.41) is 1.19. The maximum Gasteiger partial charge on any atom is 0.120 e. The first-order valence-electron chi connectivity index (χ1n) is 18.1. The highest BCUT2D eigenvalue weighted by Crippen LogP contribution is 2.37. The van der Waals surface area contributed by atoms with Crippen molar-refractivity contribution in [3.63, 3.8) is 0 Å². The topological polar surface area (TPSA) is 35.9 Å². The van der Waals surface area contributed by atoms with Crippen LogP contribution in [-0.4, -0.2) is 34.7 Å². The number of likely N-dealkylation sites (tertiary alicyclic amines) is 1. The second kappa shape index (κ2) is 15.7. The fraction of sp³-hybridized carbons (Fsp3) is 0.289. The van der Waals surface area contributed by atoms with Crippen LogP contribution in [0.1, 0.15) is 55.4 Å². The number of nitrogens with zero attached hydrogens (tertiary/aromatic N) is 2. The first-order valence-corrected chi connectivity index (χ1v) is 18.1. The first-order chi connectivity index (χ1) is 24.5. The number of hydrogen-bond donors (Lipinski definition) is 0. The maximum atomic E-state index is 6.26. The molecule has 6 aromatic rings. The van der Waals surface area contributed by atoms with E-state index in [1.807, 2.05) is 36.4 Å². The van der Waals surface area contributed by atoms with Gasteiger partial charge in [-0.3, -0.25) is 4.90 Å². The minimum absolute atomic E-state index is 0.536. The zero-order valence-corrected chi connectivity index (χ0v) is 29.6. The molecule has 256 valence electrons. The summed E-state index contributed by atoms with van der Waals surface area (Å²) < 4.78 is 21.0. The Bertz CT molecular complexity index is 1960. The smallest absolute Gasteiger partial charge is 0.120 e. The molecule has 5 aromatic carbocycles. The molecular weight excluding hydrogens is 617 g/mol. The summed E-state index contributed by atoms with van der Waals surface area (Å²) in [5.74, 6) is 2.65. The van der Waals surface area contributed by atoms with Crippen molar-refractivity contribution >= 4 is 10.9 Å². The fourth-order valence-corrected chi connectivity index (χ4v) is 7.38. The highest BCUT2D eigenvalue weighted by atomic mass is 16.5. The van der Waals surface area contributed by atoms with Crippen LogP contribution in [0.2, 0.25) is 0 Å². The van der Waals surface area contributed by atoms with Crippen LogP contribution in [-0.2, 0) is 19.8 Å². The summed E-state index contributed by atoms with van der Waals surface area (Å²) in [4.78, 5) is 2.60. The molecule has 5 nitrogen and oxygen atoms in total. The highest BCUT2D eigenvalue weighted by molar-refractivity contribution is 5.92. The van der Waals surface area contributed by atoms with E-state index in [2.05, 4.69) is 121 Å². The summed E-state index contributed by atoms with van der Waals surface area (Å²) in [6, 6.07) is 45.5. The molecular formula is C45H48N2O3. The molecule has 0 spiro atoms. The van der Waals surface area contributed by atoms with Gasteiger partial charge in [0.2, 0.25) is 0 Å². The minimum atomic E-state index is 0.536. The lowest BCUT2D eigenvalue weighted by Gasteiger charge is -2.38. The van der Waals surface area contributed by atoms with Crippen molar-refractivity contribution in [2.75, 3.05) is 13.2 Å². The Morgan fingerprint density at radius 2 is 1.16 bits per heavy atom. The van der Waals surface area contributed by atoms with Crippen LogP contribution in [0.5, 0.6) is 17.2 Å². The standard InChI is InChI=1S/C45H48N2O3/c1-33-11-10-12-34(2)46(33)27-28-48-40-21-17-36(18-22-40)30-47-44-26-25-42(50-32-38-15-8-5-9-16-38)29-43(44)35(3)45(47)39-19-23-41(24-20-39)49-31-37-13-6-4-7-14-37/h4-9,13-26,29,33-34H,10-12,27-28,30-32H2,1-3H3. The monoisotopic (exact) mass is 664 g/mol. The Hall–Kier alpha value is -5.00. The van der Waals surface area contributed by atoms with E-state index in [0.29, 0.717) is 31.9 Å². The number of hydrogen-bond acceptors (Lipinski definition) is 4. The van der Waals surface area contributed by atoms with Gasteiger partial charge in [-0.15, -0.1) is 0 Å².